The third-order valence-electron chi connectivity index (χ3n) is 2.32. The number of anilines is 1. The molecular weight excluding hydrogens is 206 g/mol. The van der Waals surface area contributed by atoms with E-state index in [9.17, 15) is 0 Å². The number of aryl methyl sites for hydroxylation is 2. The zero-order chi connectivity index (χ0) is 10.7. The van der Waals surface area contributed by atoms with Crippen LogP contribution in [0.4, 0.5) is 5.69 Å². The molecule has 2 aromatic heterocycles. The highest BCUT2D eigenvalue weighted by Gasteiger charge is 2.01. The average Bonchev–Trinajstić information content (AvgIpc) is 2.77. The summed E-state index contributed by atoms with van der Waals surface area (Å²) in [4.78, 5) is 0. The quantitative estimate of drug-likeness (QED) is 0.859. The van der Waals surface area contributed by atoms with Gasteiger partial charge in [0.2, 0.25) is 0 Å². The molecule has 0 atom stereocenters. The van der Waals surface area contributed by atoms with E-state index in [1.54, 1.807) is 11.3 Å². The Morgan fingerprint density at radius 1 is 1.53 bits per heavy atom. The van der Waals surface area contributed by atoms with Crippen LogP contribution in [-0.2, 0) is 13.5 Å². The summed E-state index contributed by atoms with van der Waals surface area (Å²) in [5.41, 5.74) is 3.59. The van der Waals surface area contributed by atoms with Gasteiger partial charge in [0.15, 0.2) is 0 Å². The summed E-state index contributed by atoms with van der Waals surface area (Å²) in [6, 6.07) is 2.17. The van der Waals surface area contributed by atoms with E-state index in [1.807, 2.05) is 24.9 Å². The van der Waals surface area contributed by atoms with Crippen molar-refractivity contribution in [2.24, 2.45) is 7.05 Å². The summed E-state index contributed by atoms with van der Waals surface area (Å²) in [6.07, 6.45) is 3.08. The van der Waals surface area contributed by atoms with Crippen molar-refractivity contribution in [3.8, 4) is 0 Å². The lowest BCUT2D eigenvalue weighted by molar-refractivity contribution is 0.756. The highest BCUT2D eigenvalue weighted by Crippen LogP contribution is 2.12. The highest BCUT2D eigenvalue weighted by molar-refractivity contribution is 7.07. The molecule has 0 fully saturated rings. The smallest absolute Gasteiger partial charge is 0.0824 e. The Hall–Kier alpha value is -1.29. The SMILES string of the molecule is Cc1nn(C)cc1NCCc1ccsc1. The molecule has 2 heterocycles. The van der Waals surface area contributed by atoms with E-state index in [2.05, 4.69) is 27.2 Å². The van der Waals surface area contributed by atoms with Gasteiger partial charge in [-0.1, -0.05) is 0 Å². The molecule has 0 radical (unpaired) electrons. The fourth-order valence-corrected chi connectivity index (χ4v) is 2.25. The fraction of sp³-hybridized carbons (Fsp3) is 0.364. The Labute approximate surface area is 93.7 Å². The third-order valence-corrected chi connectivity index (χ3v) is 3.05. The largest absolute Gasteiger partial charge is 0.382 e. The van der Waals surface area contributed by atoms with E-state index >= 15 is 0 Å². The minimum absolute atomic E-state index is 0.962. The van der Waals surface area contributed by atoms with Crippen molar-refractivity contribution in [1.29, 1.82) is 0 Å². The van der Waals surface area contributed by atoms with E-state index in [1.165, 1.54) is 5.56 Å². The number of thiophene rings is 1. The minimum Gasteiger partial charge on any atom is -0.382 e. The lowest BCUT2D eigenvalue weighted by atomic mass is 10.2. The summed E-state index contributed by atoms with van der Waals surface area (Å²) in [6.45, 7) is 2.98. The van der Waals surface area contributed by atoms with Crippen molar-refractivity contribution in [3.63, 3.8) is 0 Å². The molecule has 0 aliphatic rings. The molecule has 0 aliphatic carbocycles. The van der Waals surface area contributed by atoms with Gasteiger partial charge in [-0.25, -0.2) is 0 Å². The molecule has 0 saturated heterocycles. The van der Waals surface area contributed by atoms with Crippen LogP contribution in [0.1, 0.15) is 11.3 Å². The van der Waals surface area contributed by atoms with Crippen LogP contribution in [0.25, 0.3) is 0 Å². The number of hydrogen-bond acceptors (Lipinski definition) is 3. The fourth-order valence-electron chi connectivity index (χ4n) is 1.55. The summed E-state index contributed by atoms with van der Waals surface area (Å²) in [5, 5.41) is 12.0. The van der Waals surface area contributed by atoms with Crippen LogP contribution in [0.5, 0.6) is 0 Å². The highest BCUT2D eigenvalue weighted by atomic mass is 32.1. The molecule has 0 amide bonds. The van der Waals surface area contributed by atoms with Gasteiger partial charge in [0.1, 0.15) is 0 Å². The van der Waals surface area contributed by atoms with Gasteiger partial charge >= 0.3 is 0 Å². The maximum Gasteiger partial charge on any atom is 0.0824 e. The molecule has 0 spiro atoms. The monoisotopic (exact) mass is 221 g/mol. The second-order valence-electron chi connectivity index (χ2n) is 3.61. The Morgan fingerprint density at radius 3 is 3.00 bits per heavy atom. The van der Waals surface area contributed by atoms with Crippen LogP contribution < -0.4 is 5.32 Å². The van der Waals surface area contributed by atoms with Crippen LogP contribution in [0.2, 0.25) is 0 Å². The number of nitrogens with zero attached hydrogens (tertiary/aromatic N) is 2. The van der Waals surface area contributed by atoms with Crippen LogP contribution in [0, 0.1) is 6.92 Å². The molecule has 0 aliphatic heterocycles. The van der Waals surface area contributed by atoms with Crippen LogP contribution in [-0.4, -0.2) is 16.3 Å². The Kier molecular flexibility index (Phi) is 3.06. The standard InChI is InChI=1S/C11H15N3S/c1-9-11(7-14(2)13-9)12-5-3-10-4-6-15-8-10/h4,6-8,12H,3,5H2,1-2H3. The maximum absolute atomic E-state index is 4.28. The number of nitrogens with one attached hydrogen (secondary N) is 1. The first-order chi connectivity index (χ1) is 7.25. The average molecular weight is 221 g/mol. The first-order valence-corrected chi connectivity index (χ1v) is 5.95. The zero-order valence-corrected chi connectivity index (χ0v) is 9.84. The summed E-state index contributed by atoms with van der Waals surface area (Å²) >= 11 is 1.75. The first kappa shape index (κ1) is 10.2. The van der Waals surface area contributed by atoms with Crippen molar-refractivity contribution in [3.05, 3.63) is 34.3 Å². The molecular formula is C11H15N3S. The molecule has 0 bridgehead atoms. The van der Waals surface area contributed by atoms with Gasteiger partial charge < -0.3 is 5.32 Å². The second-order valence-corrected chi connectivity index (χ2v) is 4.39. The van der Waals surface area contributed by atoms with E-state index in [4.69, 9.17) is 0 Å². The van der Waals surface area contributed by atoms with Gasteiger partial charge in [0.25, 0.3) is 0 Å². The third kappa shape index (κ3) is 2.59. The number of hydrogen-bond donors (Lipinski definition) is 1. The van der Waals surface area contributed by atoms with Crippen molar-refractivity contribution in [2.75, 3.05) is 11.9 Å². The summed E-state index contributed by atoms with van der Waals surface area (Å²) in [5.74, 6) is 0. The van der Waals surface area contributed by atoms with Gasteiger partial charge in [-0.15, -0.1) is 0 Å². The van der Waals surface area contributed by atoms with Crippen molar-refractivity contribution in [1.82, 2.24) is 9.78 Å². The van der Waals surface area contributed by atoms with Crippen LogP contribution >= 0.6 is 11.3 Å². The first-order valence-electron chi connectivity index (χ1n) is 5.01. The van der Waals surface area contributed by atoms with Crippen molar-refractivity contribution < 1.29 is 0 Å². The van der Waals surface area contributed by atoms with Gasteiger partial charge in [-0.2, -0.15) is 16.4 Å². The van der Waals surface area contributed by atoms with E-state index in [-0.39, 0.29) is 0 Å². The van der Waals surface area contributed by atoms with Gasteiger partial charge in [-0.3, -0.25) is 4.68 Å². The van der Waals surface area contributed by atoms with Gasteiger partial charge in [0, 0.05) is 19.8 Å². The van der Waals surface area contributed by atoms with Crippen LogP contribution in [0.15, 0.2) is 23.0 Å². The predicted octanol–water partition coefficient (Wildman–Crippen LogP) is 2.44. The molecule has 4 heteroatoms. The molecule has 15 heavy (non-hydrogen) atoms. The number of rotatable bonds is 4. The Bertz CT molecular complexity index is 417. The number of aromatic nitrogens is 2. The molecule has 3 nitrogen and oxygen atoms in total. The van der Waals surface area contributed by atoms with Gasteiger partial charge in [0.05, 0.1) is 11.4 Å². The van der Waals surface area contributed by atoms with Crippen LogP contribution in [0.3, 0.4) is 0 Å². The van der Waals surface area contributed by atoms with Crippen molar-refractivity contribution in [2.45, 2.75) is 13.3 Å². The van der Waals surface area contributed by atoms with Gasteiger partial charge in [-0.05, 0) is 35.7 Å². The molecule has 2 rings (SSSR count). The minimum atomic E-state index is 0.962. The molecule has 0 unspecified atom stereocenters. The second kappa shape index (κ2) is 4.49. The van der Waals surface area contributed by atoms with E-state index < -0.39 is 0 Å². The maximum atomic E-state index is 4.28. The molecule has 2 aromatic rings. The Balaban J connectivity index is 1.86. The predicted molar refractivity (Wildman–Crippen MR) is 64.5 cm³/mol. The molecule has 1 N–H and O–H groups in total. The normalized spacial score (nSPS) is 10.5. The van der Waals surface area contributed by atoms with Crippen molar-refractivity contribution >= 4 is 17.0 Å². The summed E-state index contributed by atoms with van der Waals surface area (Å²) < 4.78 is 1.84. The molecule has 0 saturated carbocycles. The van der Waals surface area contributed by atoms with E-state index in [0.717, 1.165) is 24.3 Å². The molecule has 0 aromatic carbocycles. The Morgan fingerprint density at radius 2 is 2.40 bits per heavy atom. The zero-order valence-electron chi connectivity index (χ0n) is 9.03. The lowest BCUT2D eigenvalue weighted by Gasteiger charge is -2.02. The lowest BCUT2D eigenvalue weighted by Crippen LogP contribution is -2.04. The van der Waals surface area contributed by atoms with E-state index in [0.29, 0.717) is 0 Å². The molecule has 80 valence electrons. The topological polar surface area (TPSA) is 29.9 Å². The summed E-state index contributed by atoms with van der Waals surface area (Å²) in [7, 11) is 1.94.